The van der Waals surface area contributed by atoms with E-state index in [0.717, 1.165) is 11.1 Å². The first-order valence-corrected chi connectivity index (χ1v) is 18.8. The topological polar surface area (TPSA) is 326 Å². The second kappa shape index (κ2) is 25.4. The van der Waals surface area contributed by atoms with Crippen LogP contribution in [0, 0.1) is 0 Å². The number of ether oxygens (including phenoxy) is 4. The summed E-state index contributed by atoms with van der Waals surface area (Å²) < 4.78 is 31.0. The van der Waals surface area contributed by atoms with Crippen LogP contribution in [0.3, 0.4) is 0 Å². The van der Waals surface area contributed by atoms with Gasteiger partial charge in [0, 0.05) is 37.7 Å². The van der Waals surface area contributed by atoms with E-state index >= 15 is 0 Å². The number of halogens is 2. The predicted octanol–water partition coefficient (Wildman–Crippen LogP) is 3.80. The Balaban J connectivity index is 0.000000427. The van der Waals surface area contributed by atoms with Crippen LogP contribution < -0.4 is 43.7 Å². The Bertz CT molecular complexity index is 2590. The number of guanidine groups is 2. The number of fused-ring (bicyclic) bond motifs is 2. The second-order valence-corrected chi connectivity index (χ2v) is 13.4. The Hall–Kier alpha value is -7.74. The van der Waals surface area contributed by atoms with E-state index in [-0.39, 0.29) is 78.0 Å². The first-order valence-electron chi connectivity index (χ1n) is 18.8. The first kappa shape index (κ1) is 53.4. The molecule has 0 aliphatic carbocycles. The molecular formula is C44H46Cl2N6O13. The highest BCUT2D eigenvalue weighted by atomic mass is 35.5. The standard InChI is InChI=1S/2C22H21N3O6.2ClH.H2O/c2*1-13(26)29-12-15-4-7-19-16(10-15)11-18(21(28)31-19)20(27)30-17-5-2-14(3-6-17)8-9-25-22(23)24;;;/h2*2-7,10-11H,8-9,12H2,1H3,(H4,23,24,25);2*1H;1H2. The third-order valence-electron chi connectivity index (χ3n) is 8.57. The van der Waals surface area contributed by atoms with Gasteiger partial charge in [-0.1, -0.05) is 36.4 Å². The van der Waals surface area contributed by atoms with Gasteiger partial charge in [0.15, 0.2) is 11.9 Å². The van der Waals surface area contributed by atoms with Crippen LogP contribution >= 0.6 is 24.8 Å². The van der Waals surface area contributed by atoms with Gasteiger partial charge in [-0.05, 0) is 95.8 Å². The molecule has 6 rings (SSSR count). The SMILES string of the molecule is CC(=O)OCc1ccc2oc(=O)c(C(=O)Oc3ccc(CCN=C(N)N)cc3)cc2c1.CC(=O)OCc1ccc2oc(=O)c(C(=O)Oc3ccc(CCN=C(N)N)cc3)cc2c1.Cl.Cl.O. The zero-order chi connectivity index (χ0) is 44.8. The zero-order valence-electron chi connectivity index (χ0n) is 34.9. The number of benzene rings is 4. The predicted molar refractivity (Wildman–Crippen MR) is 246 cm³/mol. The fourth-order valence-electron chi connectivity index (χ4n) is 5.58. The number of hydrogen-bond donors (Lipinski definition) is 4. The first-order chi connectivity index (χ1) is 29.6. The molecule has 0 spiro atoms. The van der Waals surface area contributed by atoms with Crippen molar-refractivity contribution < 1.29 is 52.4 Å². The van der Waals surface area contributed by atoms with Crippen molar-refractivity contribution in [2.45, 2.75) is 39.9 Å². The number of nitrogens with two attached hydrogens (primary N) is 4. The average molecular weight is 938 g/mol. The van der Waals surface area contributed by atoms with Crippen LogP contribution in [-0.4, -0.2) is 54.4 Å². The summed E-state index contributed by atoms with van der Waals surface area (Å²) in [4.78, 5) is 79.3. The molecule has 0 saturated heterocycles. The van der Waals surface area contributed by atoms with Gasteiger partial charge in [-0.2, -0.15) is 0 Å². The van der Waals surface area contributed by atoms with E-state index in [2.05, 4.69) is 9.98 Å². The van der Waals surface area contributed by atoms with Crippen molar-refractivity contribution in [2.75, 3.05) is 13.1 Å². The Labute approximate surface area is 382 Å². The molecule has 65 heavy (non-hydrogen) atoms. The van der Waals surface area contributed by atoms with Crippen molar-refractivity contribution in [3.05, 3.63) is 151 Å². The molecule has 10 N–H and O–H groups in total. The van der Waals surface area contributed by atoms with Gasteiger partial charge in [-0.3, -0.25) is 19.6 Å². The molecule has 0 aliphatic rings. The molecule has 0 amide bonds. The molecule has 2 aromatic heterocycles. The number of carbonyl (C=O) groups is 4. The Morgan fingerprint density at radius 3 is 1.18 bits per heavy atom. The Kier molecular flexibility index (Phi) is 20.9. The molecule has 6 aromatic rings. The molecule has 0 radical (unpaired) electrons. The molecule has 0 fully saturated rings. The molecule has 0 atom stereocenters. The molecule has 4 aromatic carbocycles. The van der Waals surface area contributed by atoms with Crippen LogP contribution in [0.15, 0.2) is 125 Å². The molecule has 344 valence electrons. The number of hydrogen-bond acceptors (Lipinski definition) is 14. The lowest BCUT2D eigenvalue weighted by Crippen LogP contribution is -2.23. The third kappa shape index (κ3) is 16.5. The molecule has 0 aliphatic heterocycles. The van der Waals surface area contributed by atoms with E-state index in [0.29, 0.717) is 59.0 Å². The number of esters is 4. The summed E-state index contributed by atoms with van der Waals surface area (Å²) >= 11 is 0. The quantitative estimate of drug-likeness (QED) is 0.0397. The fourth-order valence-corrected chi connectivity index (χ4v) is 5.58. The average Bonchev–Trinajstić information content (AvgIpc) is 3.23. The maximum absolute atomic E-state index is 12.5. The number of carbonyl (C=O) groups excluding carboxylic acids is 4. The van der Waals surface area contributed by atoms with E-state index in [9.17, 15) is 28.8 Å². The highest BCUT2D eigenvalue weighted by molar-refractivity contribution is 5.95. The minimum absolute atomic E-state index is 0. The highest BCUT2D eigenvalue weighted by Gasteiger charge is 2.18. The lowest BCUT2D eigenvalue weighted by atomic mass is 10.1. The Morgan fingerprint density at radius 2 is 0.862 bits per heavy atom. The van der Waals surface area contributed by atoms with Gasteiger partial charge in [0.1, 0.15) is 47.0 Å². The lowest BCUT2D eigenvalue weighted by molar-refractivity contribution is -0.143. The maximum Gasteiger partial charge on any atom is 0.351 e. The number of rotatable bonds is 14. The van der Waals surface area contributed by atoms with Gasteiger partial charge in [-0.25, -0.2) is 19.2 Å². The van der Waals surface area contributed by atoms with Crippen LogP contribution in [0.1, 0.15) is 56.8 Å². The number of nitrogens with zero attached hydrogens (tertiary/aromatic N) is 2. The monoisotopic (exact) mass is 936 g/mol. The summed E-state index contributed by atoms with van der Waals surface area (Å²) in [6, 6.07) is 26.2. The van der Waals surface area contributed by atoms with Gasteiger partial charge in [-0.15, -0.1) is 24.8 Å². The van der Waals surface area contributed by atoms with Crippen molar-refractivity contribution in [3.8, 4) is 11.5 Å². The van der Waals surface area contributed by atoms with Gasteiger partial charge in [0.05, 0.1) is 0 Å². The molecule has 19 nitrogen and oxygen atoms in total. The summed E-state index contributed by atoms with van der Waals surface area (Å²) in [5.74, 6) is -1.89. The second-order valence-electron chi connectivity index (χ2n) is 13.4. The van der Waals surface area contributed by atoms with Crippen molar-refractivity contribution in [1.29, 1.82) is 0 Å². The van der Waals surface area contributed by atoms with Crippen LogP contribution in [0.2, 0.25) is 0 Å². The maximum atomic E-state index is 12.5. The minimum atomic E-state index is -0.839. The summed E-state index contributed by atoms with van der Waals surface area (Å²) in [7, 11) is 0. The Morgan fingerprint density at radius 1 is 0.523 bits per heavy atom. The van der Waals surface area contributed by atoms with E-state index in [1.807, 2.05) is 0 Å². The van der Waals surface area contributed by atoms with Crippen LogP contribution in [-0.2, 0) is 45.1 Å². The highest BCUT2D eigenvalue weighted by Crippen LogP contribution is 2.21. The summed E-state index contributed by atoms with van der Waals surface area (Å²) in [5, 5.41) is 1.01. The molecule has 0 bridgehead atoms. The van der Waals surface area contributed by atoms with Crippen LogP contribution in [0.4, 0.5) is 0 Å². The van der Waals surface area contributed by atoms with E-state index in [1.165, 1.54) is 26.0 Å². The molecule has 21 heteroatoms. The normalized spacial score (nSPS) is 10.0. The van der Waals surface area contributed by atoms with Crippen LogP contribution in [0.25, 0.3) is 21.9 Å². The lowest BCUT2D eigenvalue weighted by Gasteiger charge is -2.07. The molecule has 0 unspecified atom stereocenters. The largest absolute Gasteiger partial charge is 0.461 e. The third-order valence-corrected chi connectivity index (χ3v) is 8.57. The number of aliphatic imine (C=N–C) groups is 2. The molecule has 2 heterocycles. The van der Waals surface area contributed by atoms with E-state index < -0.39 is 35.1 Å². The smallest absolute Gasteiger partial charge is 0.351 e. The minimum Gasteiger partial charge on any atom is -0.461 e. The molecular weight excluding hydrogens is 891 g/mol. The summed E-state index contributed by atoms with van der Waals surface area (Å²) in [6.45, 7) is 3.65. The summed E-state index contributed by atoms with van der Waals surface area (Å²) in [6.07, 6.45) is 1.24. The fraction of sp³-hybridized carbons (Fsp3) is 0.182. The van der Waals surface area contributed by atoms with Crippen LogP contribution in [0.5, 0.6) is 11.5 Å². The zero-order valence-corrected chi connectivity index (χ0v) is 36.5. The van der Waals surface area contributed by atoms with Gasteiger partial charge in [0.2, 0.25) is 0 Å². The van der Waals surface area contributed by atoms with E-state index in [4.69, 9.17) is 50.7 Å². The van der Waals surface area contributed by atoms with Crippen molar-refractivity contribution in [2.24, 2.45) is 32.9 Å². The van der Waals surface area contributed by atoms with Crippen molar-refractivity contribution >= 4 is 82.5 Å². The summed E-state index contributed by atoms with van der Waals surface area (Å²) in [5.41, 5.74) is 23.0. The van der Waals surface area contributed by atoms with Crippen molar-refractivity contribution in [1.82, 2.24) is 0 Å². The van der Waals surface area contributed by atoms with Gasteiger partial charge < -0.3 is 56.2 Å². The van der Waals surface area contributed by atoms with Gasteiger partial charge in [0.25, 0.3) is 0 Å². The van der Waals surface area contributed by atoms with Gasteiger partial charge >= 0.3 is 35.1 Å². The van der Waals surface area contributed by atoms with Crippen molar-refractivity contribution in [3.63, 3.8) is 0 Å². The molecule has 0 saturated carbocycles. The van der Waals surface area contributed by atoms with E-state index in [1.54, 1.807) is 84.9 Å².